The lowest BCUT2D eigenvalue weighted by atomic mass is 10.3. The van der Waals surface area contributed by atoms with Crippen molar-refractivity contribution in [2.45, 2.75) is 13.8 Å². The van der Waals surface area contributed by atoms with Crippen molar-refractivity contribution in [1.82, 2.24) is 19.9 Å². The largest absolute Gasteiger partial charge is 0.857 e. The van der Waals surface area contributed by atoms with Crippen molar-refractivity contribution in [2.24, 2.45) is 0 Å². The van der Waals surface area contributed by atoms with Gasteiger partial charge in [0.1, 0.15) is 5.52 Å². The van der Waals surface area contributed by atoms with Crippen LogP contribution >= 0.6 is 0 Å². The predicted molar refractivity (Wildman–Crippen MR) is 58.4 cm³/mol. The Kier molecular flexibility index (Phi) is 2.34. The summed E-state index contributed by atoms with van der Waals surface area (Å²) >= 11 is 0. The summed E-state index contributed by atoms with van der Waals surface area (Å²) in [5.74, 6) is -0.0284. The van der Waals surface area contributed by atoms with Crippen LogP contribution in [0.15, 0.2) is 0 Å². The van der Waals surface area contributed by atoms with Gasteiger partial charge in [-0.3, -0.25) is 0 Å². The molecular weight excluding hydrogens is 206 g/mol. The number of hydrogen-bond acceptors (Lipinski definition) is 6. The van der Waals surface area contributed by atoms with E-state index < -0.39 is 0 Å². The van der Waals surface area contributed by atoms with Gasteiger partial charge in [0.2, 0.25) is 5.95 Å². The molecule has 0 saturated carbocycles. The summed E-state index contributed by atoms with van der Waals surface area (Å²) in [4.78, 5) is 18.1. The average Bonchev–Trinajstić information content (AvgIpc) is 2.20. The van der Waals surface area contributed by atoms with Crippen molar-refractivity contribution in [3.05, 3.63) is 11.4 Å². The highest BCUT2D eigenvalue weighted by atomic mass is 16.3. The van der Waals surface area contributed by atoms with E-state index in [2.05, 4.69) is 19.9 Å². The van der Waals surface area contributed by atoms with Crippen molar-refractivity contribution in [2.75, 3.05) is 19.0 Å². The van der Waals surface area contributed by atoms with Crippen LogP contribution in [0.25, 0.3) is 11.2 Å². The summed E-state index contributed by atoms with van der Waals surface area (Å²) in [5.41, 5.74) is 2.08. The van der Waals surface area contributed by atoms with Crippen LogP contribution in [0.1, 0.15) is 11.4 Å². The highest BCUT2D eigenvalue weighted by molar-refractivity contribution is 5.76. The zero-order chi connectivity index (χ0) is 11.9. The van der Waals surface area contributed by atoms with Gasteiger partial charge >= 0.3 is 0 Å². The first-order chi connectivity index (χ1) is 7.49. The first kappa shape index (κ1) is 10.5. The second-order valence-corrected chi connectivity index (χ2v) is 3.79. The van der Waals surface area contributed by atoms with E-state index in [0.29, 0.717) is 11.6 Å². The van der Waals surface area contributed by atoms with E-state index in [1.54, 1.807) is 25.9 Å². The predicted octanol–water partition coefficient (Wildman–Crippen LogP) is 0.176. The lowest BCUT2D eigenvalue weighted by Gasteiger charge is -2.15. The number of aromatic nitrogens is 4. The molecule has 2 aromatic heterocycles. The fraction of sp³-hybridized carbons (Fsp3) is 0.400. The second kappa shape index (κ2) is 3.55. The zero-order valence-electron chi connectivity index (χ0n) is 9.64. The van der Waals surface area contributed by atoms with E-state index in [1.807, 2.05) is 6.92 Å². The molecule has 0 saturated heterocycles. The smallest absolute Gasteiger partial charge is 0.226 e. The Hall–Kier alpha value is -1.98. The summed E-state index contributed by atoms with van der Waals surface area (Å²) in [6.07, 6.45) is 0. The Morgan fingerprint density at radius 3 is 2.19 bits per heavy atom. The van der Waals surface area contributed by atoms with Gasteiger partial charge in [0.05, 0.1) is 11.4 Å². The topological polar surface area (TPSA) is 77.9 Å². The van der Waals surface area contributed by atoms with Gasteiger partial charge in [0, 0.05) is 20.0 Å². The third-order valence-corrected chi connectivity index (χ3v) is 2.30. The molecular formula is C10H12N5O-. The van der Waals surface area contributed by atoms with E-state index in [9.17, 15) is 5.11 Å². The van der Waals surface area contributed by atoms with Crippen molar-refractivity contribution >= 4 is 17.1 Å². The third-order valence-electron chi connectivity index (χ3n) is 2.30. The first-order valence-corrected chi connectivity index (χ1v) is 4.86. The molecule has 2 aromatic rings. The Morgan fingerprint density at radius 2 is 1.56 bits per heavy atom. The summed E-state index contributed by atoms with van der Waals surface area (Å²) in [6.45, 7) is 3.64. The number of rotatable bonds is 1. The van der Waals surface area contributed by atoms with Gasteiger partial charge in [0.25, 0.3) is 0 Å². The fourth-order valence-corrected chi connectivity index (χ4v) is 1.28. The van der Waals surface area contributed by atoms with E-state index in [-0.39, 0.29) is 11.4 Å². The Morgan fingerprint density at radius 1 is 0.938 bits per heavy atom. The van der Waals surface area contributed by atoms with Crippen LogP contribution in [0.3, 0.4) is 0 Å². The number of hydrogen-bond donors (Lipinski definition) is 0. The van der Waals surface area contributed by atoms with Crippen molar-refractivity contribution in [1.29, 1.82) is 0 Å². The molecule has 0 radical (unpaired) electrons. The van der Waals surface area contributed by atoms with Gasteiger partial charge in [-0.25, -0.2) is 15.0 Å². The third kappa shape index (κ3) is 1.62. The first-order valence-electron chi connectivity index (χ1n) is 4.86. The lowest BCUT2D eigenvalue weighted by Crippen LogP contribution is -2.15. The van der Waals surface area contributed by atoms with E-state index in [4.69, 9.17) is 0 Å². The lowest BCUT2D eigenvalue weighted by molar-refractivity contribution is -0.272. The maximum Gasteiger partial charge on any atom is 0.226 e. The Balaban J connectivity index is 2.77. The van der Waals surface area contributed by atoms with Crippen LogP contribution < -0.4 is 10.0 Å². The normalized spacial score (nSPS) is 10.8. The molecule has 0 aromatic carbocycles. The summed E-state index contributed by atoms with van der Waals surface area (Å²) in [6, 6.07) is 0. The van der Waals surface area contributed by atoms with Crippen LogP contribution in [-0.2, 0) is 0 Å². The number of fused-ring (bicyclic) bond motifs is 1. The zero-order valence-corrected chi connectivity index (χ0v) is 9.64. The van der Waals surface area contributed by atoms with Crippen LogP contribution in [0.5, 0.6) is 5.88 Å². The maximum absolute atomic E-state index is 11.7. The summed E-state index contributed by atoms with van der Waals surface area (Å²) in [7, 11) is 3.55. The number of anilines is 1. The molecule has 0 N–H and O–H groups in total. The Labute approximate surface area is 93.0 Å². The molecule has 16 heavy (non-hydrogen) atoms. The summed E-state index contributed by atoms with van der Waals surface area (Å²) < 4.78 is 0. The molecule has 0 amide bonds. The highest BCUT2D eigenvalue weighted by Crippen LogP contribution is 2.19. The fourth-order valence-electron chi connectivity index (χ4n) is 1.28. The SMILES string of the molecule is Cc1nc2nc(N(C)C)nc([O-])c2nc1C. The monoisotopic (exact) mass is 218 g/mol. The second-order valence-electron chi connectivity index (χ2n) is 3.79. The van der Waals surface area contributed by atoms with Gasteiger partial charge in [-0.15, -0.1) is 0 Å². The van der Waals surface area contributed by atoms with Gasteiger partial charge in [-0.05, 0) is 13.8 Å². The standard InChI is InChI=1S/C10H13N5O/c1-5-6(2)12-8-7(11-5)9(16)14-10(13-8)15(3)4/h1-4H3,(H,12,13,14,16)/p-1. The number of aryl methyl sites for hydroxylation is 2. The van der Waals surface area contributed by atoms with Gasteiger partial charge < -0.3 is 10.0 Å². The maximum atomic E-state index is 11.7. The molecule has 84 valence electrons. The van der Waals surface area contributed by atoms with Gasteiger partial charge in [-0.1, -0.05) is 0 Å². The van der Waals surface area contributed by atoms with E-state index in [0.717, 1.165) is 11.4 Å². The van der Waals surface area contributed by atoms with Crippen LogP contribution in [-0.4, -0.2) is 34.0 Å². The minimum absolute atomic E-state index is 0.230. The van der Waals surface area contributed by atoms with Gasteiger partial charge in [-0.2, -0.15) is 4.98 Å². The molecule has 2 heterocycles. The molecule has 0 unspecified atom stereocenters. The quantitative estimate of drug-likeness (QED) is 0.679. The van der Waals surface area contributed by atoms with Crippen molar-refractivity contribution < 1.29 is 5.11 Å². The van der Waals surface area contributed by atoms with Gasteiger partial charge in [0.15, 0.2) is 5.65 Å². The Bertz CT molecular complexity index is 552. The molecule has 0 atom stereocenters. The average molecular weight is 218 g/mol. The van der Waals surface area contributed by atoms with Crippen molar-refractivity contribution in [3.8, 4) is 5.88 Å². The molecule has 0 fully saturated rings. The minimum Gasteiger partial charge on any atom is -0.857 e. The van der Waals surface area contributed by atoms with Crippen molar-refractivity contribution in [3.63, 3.8) is 0 Å². The molecule has 2 rings (SSSR count). The van der Waals surface area contributed by atoms with Crippen LogP contribution in [0.2, 0.25) is 0 Å². The van der Waals surface area contributed by atoms with E-state index in [1.165, 1.54) is 0 Å². The molecule has 0 aliphatic carbocycles. The summed E-state index contributed by atoms with van der Waals surface area (Å²) in [5, 5.41) is 11.7. The molecule has 6 nitrogen and oxygen atoms in total. The highest BCUT2D eigenvalue weighted by Gasteiger charge is 2.07. The van der Waals surface area contributed by atoms with Crippen LogP contribution in [0, 0.1) is 13.8 Å². The molecule has 0 aliphatic rings. The molecule has 6 heteroatoms. The molecule has 0 spiro atoms. The van der Waals surface area contributed by atoms with E-state index >= 15 is 0 Å². The molecule has 0 bridgehead atoms. The minimum atomic E-state index is -0.385. The molecule has 0 aliphatic heterocycles. The van der Waals surface area contributed by atoms with Crippen LogP contribution in [0.4, 0.5) is 5.95 Å². The number of nitrogens with zero attached hydrogens (tertiary/aromatic N) is 5.